The highest BCUT2D eigenvalue weighted by molar-refractivity contribution is 9.10. The third-order valence-electron chi connectivity index (χ3n) is 3.99. The summed E-state index contributed by atoms with van der Waals surface area (Å²) in [7, 11) is 0. The van der Waals surface area contributed by atoms with Crippen LogP contribution in [0.3, 0.4) is 0 Å². The lowest BCUT2D eigenvalue weighted by Gasteiger charge is -2.10. The molecule has 2 aromatic heterocycles. The van der Waals surface area contributed by atoms with Gasteiger partial charge < -0.3 is 0 Å². The lowest BCUT2D eigenvalue weighted by molar-refractivity contribution is -0.118. The molecule has 0 spiro atoms. The summed E-state index contributed by atoms with van der Waals surface area (Å²) >= 11 is 6.37. The summed E-state index contributed by atoms with van der Waals surface area (Å²) in [6.45, 7) is 0. The van der Waals surface area contributed by atoms with Crippen LogP contribution in [0.2, 0.25) is 0 Å². The van der Waals surface area contributed by atoms with E-state index in [1.54, 1.807) is 17.6 Å². The van der Waals surface area contributed by atoms with Crippen LogP contribution < -0.4 is 5.43 Å². The van der Waals surface area contributed by atoms with Crippen LogP contribution in [0.1, 0.15) is 4.88 Å². The molecule has 0 saturated carbocycles. The average molecular weight is 498 g/mol. The van der Waals surface area contributed by atoms with E-state index >= 15 is 0 Å². The van der Waals surface area contributed by atoms with Gasteiger partial charge in [-0.1, -0.05) is 64.1 Å². The number of para-hydroxylation sites is 1. The number of thiophene rings is 1. The fourth-order valence-corrected chi connectivity index (χ4v) is 4.41. The Morgan fingerprint density at radius 1 is 1.13 bits per heavy atom. The highest BCUT2D eigenvalue weighted by Gasteiger charge is 2.17. The number of halogens is 1. The molecule has 2 heterocycles. The summed E-state index contributed by atoms with van der Waals surface area (Å²) in [5.41, 5.74) is 4.40. The van der Waals surface area contributed by atoms with Gasteiger partial charge in [0.05, 0.1) is 12.0 Å². The number of hydrogen-bond donors (Lipinski definition) is 1. The summed E-state index contributed by atoms with van der Waals surface area (Å²) in [6.07, 6.45) is 1.63. The first-order chi connectivity index (χ1) is 14.7. The van der Waals surface area contributed by atoms with Crippen molar-refractivity contribution in [3.8, 4) is 17.1 Å². The number of nitrogens with zero attached hydrogens (tertiary/aromatic N) is 4. The van der Waals surface area contributed by atoms with Crippen LogP contribution >= 0.6 is 39.0 Å². The Kier molecular flexibility index (Phi) is 6.73. The third-order valence-corrected chi connectivity index (χ3v) is 6.22. The summed E-state index contributed by atoms with van der Waals surface area (Å²) in [5, 5.41) is 15.3. The van der Waals surface area contributed by atoms with Crippen molar-refractivity contribution in [2.75, 3.05) is 5.75 Å². The number of rotatable bonds is 7. The van der Waals surface area contributed by atoms with Crippen molar-refractivity contribution in [1.82, 2.24) is 20.2 Å². The van der Waals surface area contributed by atoms with Crippen molar-refractivity contribution < 1.29 is 4.79 Å². The molecule has 0 aliphatic heterocycles. The molecule has 4 aromatic rings. The number of carbonyl (C=O) groups excluding carboxylic acids is 1. The fourth-order valence-electron chi connectivity index (χ4n) is 2.68. The number of carbonyl (C=O) groups is 1. The molecule has 0 aliphatic carbocycles. The first-order valence-corrected chi connectivity index (χ1v) is 11.6. The van der Waals surface area contributed by atoms with Crippen LogP contribution in [0.15, 0.2) is 86.8 Å². The van der Waals surface area contributed by atoms with E-state index in [0.29, 0.717) is 11.0 Å². The maximum Gasteiger partial charge on any atom is 0.250 e. The quantitative estimate of drug-likeness (QED) is 0.221. The molecule has 4 rings (SSSR count). The standard InChI is InChI=1S/C21H16BrN5OS2/c22-16-7-4-6-15(12-16)20-25-26-21(27(20)17-8-2-1-3-9-17)30-14-19(28)24-23-13-18-10-5-11-29-18/h1-13H,14H2,(H,24,28)/b23-13+. The van der Waals surface area contributed by atoms with Gasteiger partial charge in [-0.15, -0.1) is 21.5 Å². The minimum atomic E-state index is -0.209. The topological polar surface area (TPSA) is 72.2 Å². The Bertz CT molecular complexity index is 1160. The Morgan fingerprint density at radius 2 is 2.00 bits per heavy atom. The molecule has 0 aliphatic rings. The molecule has 6 nitrogen and oxygen atoms in total. The van der Waals surface area contributed by atoms with E-state index in [2.05, 4.69) is 36.7 Å². The molecule has 30 heavy (non-hydrogen) atoms. The number of amides is 1. The lowest BCUT2D eigenvalue weighted by atomic mass is 10.2. The van der Waals surface area contributed by atoms with E-state index in [-0.39, 0.29) is 11.7 Å². The molecular formula is C21H16BrN5OS2. The van der Waals surface area contributed by atoms with Gasteiger partial charge in [-0.25, -0.2) is 5.43 Å². The largest absolute Gasteiger partial charge is 0.272 e. The van der Waals surface area contributed by atoms with Crippen LogP contribution in [0, 0.1) is 0 Å². The molecule has 2 aromatic carbocycles. The highest BCUT2D eigenvalue weighted by atomic mass is 79.9. The SMILES string of the molecule is O=C(CSc1nnc(-c2cccc(Br)c2)n1-c1ccccc1)N/N=C/c1cccs1. The third kappa shape index (κ3) is 5.05. The molecule has 0 radical (unpaired) electrons. The Hall–Kier alpha value is -2.75. The number of thioether (sulfide) groups is 1. The molecular weight excluding hydrogens is 482 g/mol. The predicted octanol–water partition coefficient (Wildman–Crippen LogP) is 5.00. The zero-order chi connectivity index (χ0) is 20.8. The lowest BCUT2D eigenvalue weighted by Crippen LogP contribution is -2.19. The van der Waals surface area contributed by atoms with Crippen LogP contribution in [0.25, 0.3) is 17.1 Å². The highest BCUT2D eigenvalue weighted by Crippen LogP contribution is 2.29. The monoisotopic (exact) mass is 497 g/mol. The van der Waals surface area contributed by atoms with Gasteiger partial charge in [0.1, 0.15) is 0 Å². The van der Waals surface area contributed by atoms with Gasteiger partial charge in [-0.05, 0) is 35.7 Å². The second kappa shape index (κ2) is 9.84. The summed E-state index contributed by atoms with van der Waals surface area (Å²) in [6, 6.07) is 21.6. The van der Waals surface area contributed by atoms with Crippen LogP contribution in [-0.4, -0.2) is 32.6 Å². The van der Waals surface area contributed by atoms with Crippen molar-refractivity contribution in [2.45, 2.75) is 5.16 Å². The van der Waals surface area contributed by atoms with E-state index in [0.717, 1.165) is 20.6 Å². The molecule has 9 heteroatoms. The Balaban J connectivity index is 1.54. The molecule has 1 N–H and O–H groups in total. The average Bonchev–Trinajstić information content (AvgIpc) is 3.43. The minimum Gasteiger partial charge on any atom is -0.272 e. The molecule has 0 unspecified atom stereocenters. The van der Waals surface area contributed by atoms with Crippen LogP contribution in [0.4, 0.5) is 0 Å². The van der Waals surface area contributed by atoms with E-state index in [9.17, 15) is 4.79 Å². The molecule has 1 amide bonds. The van der Waals surface area contributed by atoms with Crippen molar-refractivity contribution in [2.24, 2.45) is 5.10 Å². The number of nitrogens with one attached hydrogen (secondary N) is 1. The second-order valence-electron chi connectivity index (χ2n) is 6.08. The van der Waals surface area contributed by atoms with Crippen molar-refractivity contribution in [3.05, 3.63) is 81.5 Å². The van der Waals surface area contributed by atoms with Gasteiger partial charge in [0.15, 0.2) is 11.0 Å². The summed E-state index contributed by atoms with van der Waals surface area (Å²) in [5.74, 6) is 0.672. The maximum absolute atomic E-state index is 12.2. The van der Waals surface area contributed by atoms with Gasteiger partial charge in [-0.3, -0.25) is 9.36 Å². The molecule has 0 atom stereocenters. The minimum absolute atomic E-state index is 0.172. The molecule has 0 fully saturated rings. The predicted molar refractivity (Wildman–Crippen MR) is 125 cm³/mol. The summed E-state index contributed by atoms with van der Waals surface area (Å²) < 4.78 is 2.91. The maximum atomic E-state index is 12.2. The molecule has 0 saturated heterocycles. The molecule has 150 valence electrons. The van der Waals surface area contributed by atoms with Crippen LogP contribution in [0.5, 0.6) is 0 Å². The van der Waals surface area contributed by atoms with Crippen molar-refractivity contribution >= 4 is 51.2 Å². The Morgan fingerprint density at radius 3 is 2.77 bits per heavy atom. The summed E-state index contributed by atoms with van der Waals surface area (Å²) in [4.78, 5) is 13.2. The van der Waals surface area contributed by atoms with E-state index in [4.69, 9.17) is 0 Å². The van der Waals surface area contributed by atoms with Gasteiger partial charge in [0, 0.05) is 20.6 Å². The number of benzene rings is 2. The second-order valence-corrected chi connectivity index (χ2v) is 8.92. The normalized spacial score (nSPS) is 11.1. The number of hydrogen-bond acceptors (Lipinski definition) is 6. The van der Waals surface area contributed by atoms with Gasteiger partial charge in [0.2, 0.25) is 0 Å². The van der Waals surface area contributed by atoms with Gasteiger partial charge >= 0.3 is 0 Å². The zero-order valence-electron chi connectivity index (χ0n) is 15.6. The number of aromatic nitrogens is 3. The first-order valence-electron chi connectivity index (χ1n) is 8.96. The number of hydrazone groups is 1. The van der Waals surface area contributed by atoms with Crippen molar-refractivity contribution in [3.63, 3.8) is 0 Å². The Labute approximate surface area is 190 Å². The first kappa shape index (κ1) is 20.5. The van der Waals surface area contributed by atoms with E-state index < -0.39 is 0 Å². The van der Waals surface area contributed by atoms with Crippen molar-refractivity contribution in [1.29, 1.82) is 0 Å². The molecule has 0 bridgehead atoms. The van der Waals surface area contributed by atoms with E-state index in [1.165, 1.54) is 11.8 Å². The zero-order valence-corrected chi connectivity index (χ0v) is 18.8. The van der Waals surface area contributed by atoms with Gasteiger partial charge in [0.25, 0.3) is 5.91 Å². The van der Waals surface area contributed by atoms with E-state index in [1.807, 2.05) is 76.7 Å². The van der Waals surface area contributed by atoms with Gasteiger partial charge in [-0.2, -0.15) is 5.10 Å². The van der Waals surface area contributed by atoms with Crippen LogP contribution in [-0.2, 0) is 4.79 Å². The smallest absolute Gasteiger partial charge is 0.250 e. The fraction of sp³-hybridized carbons (Fsp3) is 0.0476.